The van der Waals surface area contributed by atoms with Crippen molar-refractivity contribution in [3.63, 3.8) is 0 Å². The summed E-state index contributed by atoms with van der Waals surface area (Å²) in [5, 5.41) is 0. The van der Waals surface area contributed by atoms with Gasteiger partial charge >= 0.3 is 0 Å². The van der Waals surface area contributed by atoms with E-state index in [0.29, 0.717) is 6.54 Å². The summed E-state index contributed by atoms with van der Waals surface area (Å²) in [6.07, 6.45) is 3.61. The average molecular weight is 266 g/mol. The van der Waals surface area contributed by atoms with Crippen LogP contribution >= 0.6 is 0 Å². The molecule has 2 N–H and O–H groups in total. The molecule has 102 valence electrons. The fourth-order valence-corrected chi connectivity index (χ4v) is 2.45. The topological polar surface area (TPSA) is 56.7 Å². The molecule has 0 spiro atoms. The Labute approximate surface area is 118 Å². The molecule has 0 aliphatic rings. The number of hydrogen-bond donors (Lipinski definition) is 1. The van der Waals surface area contributed by atoms with Gasteiger partial charge in [-0.25, -0.2) is 4.98 Å². The molecule has 0 aliphatic heterocycles. The van der Waals surface area contributed by atoms with Crippen LogP contribution in [-0.4, -0.2) is 21.1 Å². The average Bonchev–Trinajstić information content (AvgIpc) is 2.79. The monoisotopic (exact) mass is 266 g/mol. The Morgan fingerprint density at radius 2 is 2.00 bits per heavy atom. The molecule has 1 aromatic carbocycles. The highest BCUT2D eigenvalue weighted by Crippen LogP contribution is 2.26. The molecule has 2 heterocycles. The zero-order chi connectivity index (χ0) is 14.1. The van der Waals surface area contributed by atoms with Crippen molar-refractivity contribution in [1.82, 2.24) is 14.5 Å². The first-order valence-corrected chi connectivity index (χ1v) is 6.78. The number of hydrogen-bond acceptors (Lipinski definition) is 3. The minimum Gasteiger partial charge on any atom is -0.329 e. The predicted octanol–water partition coefficient (Wildman–Crippen LogP) is 2.67. The summed E-state index contributed by atoms with van der Waals surface area (Å²) in [5.74, 6) is 0.934. The van der Waals surface area contributed by atoms with Crippen LogP contribution in [0, 0.1) is 13.8 Å². The molecule has 20 heavy (non-hydrogen) atoms. The molecule has 3 rings (SSSR count). The number of aryl methyl sites for hydroxylation is 2. The van der Waals surface area contributed by atoms with E-state index in [4.69, 9.17) is 10.7 Å². The van der Waals surface area contributed by atoms with Crippen LogP contribution < -0.4 is 5.73 Å². The van der Waals surface area contributed by atoms with Gasteiger partial charge in [0.25, 0.3) is 0 Å². The second-order valence-corrected chi connectivity index (χ2v) is 5.04. The minimum absolute atomic E-state index is 0.589. The molecule has 3 aromatic rings. The van der Waals surface area contributed by atoms with Crippen molar-refractivity contribution in [2.45, 2.75) is 20.4 Å². The van der Waals surface area contributed by atoms with Gasteiger partial charge in [-0.05, 0) is 49.2 Å². The van der Waals surface area contributed by atoms with E-state index < -0.39 is 0 Å². The highest BCUT2D eigenvalue weighted by atomic mass is 15.1. The van der Waals surface area contributed by atoms with Gasteiger partial charge in [-0.1, -0.05) is 0 Å². The molecule has 4 heteroatoms. The molecule has 0 fully saturated rings. The van der Waals surface area contributed by atoms with Gasteiger partial charge in [0.1, 0.15) is 5.82 Å². The second kappa shape index (κ2) is 5.06. The van der Waals surface area contributed by atoms with Gasteiger partial charge in [-0.2, -0.15) is 0 Å². The molecular weight excluding hydrogens is 248 g/mol. The number of imidazole rings is 1. The van der Waals surface area contributed by atoms with Crippen LogP contribution in [0.4, 0.5) is 0 Å². The summed E-state index contributed by atoms with van der Waals surface area (Å²) in [5.41, 5.74) is 11.5. The van der Waals surface area contributed by atoms with E-state index in [1.54, 1.807) is 6.20 Å². The van der Waals surface area contributed by atoms with Crippen molar-refractivity contribution in [3.8, 4) is 11.4 Å². The van der Waals surface area contributed by atoms with Gasteiger partial charge in [0.05, 0.1) is 11.0 Å². The second-order valence-electron chi connectivity index (χ2n) is 5.04. The van der Waals surface area contributed by atoms with Gasteiger partial charge in [0.2, 0.25) is 0 Å². The molecule has 0 atom stereocenters. The summed E-state index contributed by atoms with van der Waals surface area (Å²) in [4.78, 5) is 8.95. The molecule has 4 nitrogen and oxygen atoms in total. The number of aromatic nitrogens is 3. The third-order valence-electron chi connectivity index (χ3n) is 3.64. The maximum absolute atomic E-state index is 5.76. The number of rotatable bonds is 3. The van der Waals surface area contributed by atoms with E-state index in [0.717, 1.165) is 29.0 Å². The van der Waals surface area contributed by atoms with E-state index >= 15 is 0 Å². The summed E-state index contributed by atoms with van der Waals surface area (Å²) < 4.78 is 2.18. The van der Waals surface area contributed by atoms with Crippen LogP contribution in [0.1, 0.15) is 11.1 Å². The molecule has 0 aliphatic carbocycles. The van der Waals surface area contributed by atoms with E-state index in [1.165, 1.54) is 11.1 Å². The predicted molar refractivity (Wildman–Crippen MR) is 81.5 cm³/mol. The number of benzene rings is 1. The molecule has 0 saturated heterocycles. The number of fused-ring (bicyclic) bond motifs is 1. The molecule has 0 saturated carbocycles. The standard InChI is InChI=1S/C16H18N4/c1-11-8-14-15(9-12(11)2)20(7-5-17)16(19-14)13-4-3-6-18-10-13/h3-4,6,8-10H,5,7,17H2,1-2H3. The van der Waals surface area contributed by atoms with Crippen LogP contribution in [0.25, 0.3) is 22.4 Å². The van der Waals surface area contributed by atoms with E-state index in [-0.39, 0.29) is 0 Å². The van der Waals surface area contributed by atoms with Gasteiger partial charge in [-0.3, -0.25) is 4.98 Å². The normalized spacial score (nSPS) is 11.2. The number of pyridine rings is 1. The molecule has 0 amide bonds. The molecule has 0 bridgehead atoms. The Morgan fingerprint density at radius 1 is 1.20 bits per heavy atom. The SMILES string of the molecule is Cc1cc2nc(-c3cccnc3)n(CCN)c2cc1C. The minimum atomic E-state index is 0.589. The zero-order valence-electron chi connectivity index (χ0n) is 11.8. The lowest BCUT2D eigenvalue weighted by Crippen LogP contribution is -2.11. The van der Waals surface area contributed by atoms with Gasteiger partial charge in [0, 0.05) is 31.0 Å². The summed E-state index contributed by atoms with van der Waals surface area (Å²) in [7, 11) is 0. The van der Waals surface area contributed by atoms with Crippen molar-refractivity contribution in [3.05, 3.63) is 47.8 Å². The maximum atomic E-state index is 5.76. The highest BCUT2D eigenvalue weighted by molar-refractivity contribution is 5.82. The fraction of sp³-hybridized carbons (Fsp3) is 0.250. The first-order valence-electron chi connectivity index (χ1n) is 6.78. The van der Waals surface area contributed by atoms with Crippen LogP contribution in [0.2, 0.25) is 0 Å². The van der Waals surface area contributed by atoms with E-state index in [9.17, 15) is 0 Å². The Hall–Kier alpha value is -2.20. The first-order chi connectivity index (χ1) is 9.70. The largest absolute Gasteiger partial charge is 0.329 e. The van der Waals surface area contributed by atoms with Gasteiger partial charge < -0.3 is 10.3 Å². The molecule has 0 radical (unpaired) electrons. The quantitative estimate of drug-likeness (QED) is 0.793. The summed E-state index contributed by atoms with van der Waals surface area (Å²) in [6, 6.07) is 8.28. The van der Waals surface area contributed by atoms with E-state index in [2.05, 4.69) is 35.5 Å². The lowest BCUT2D eigenvalue weighted by atomic mass is 10.1. The Morgan fingerprint density at radius 3 is 2.70 bits per heavy atom. The zero-order valence-corrected chi connectivity index (χ0v) is 11.8. The van der Waals surface area contributed by atoms with Crippen molar-refractivity contribution in [1.29, 1.82) is 0 Å². The van der Waals surface area contributed by atoms with Crippen molar-refractivity contribution < 1.29 is 0 Å². The molecule has 2 aromatic heterocycles. The third kappa shape index (κ3) is 2.08. The molecular formula is C16H18N4. The number of nitrogens with two attached hydrogens (primary N) is 1. The fourth-order valence-electron chi connectivity index (χ4n) is 2.45. The van der Waals surface area contributed by atoms with Crippen LogP contribution in [-0.2, 0) is 6.54 Å². The lowest BCUT2D eigenvalue weighted by molar-refractivity contribution is 0.735. The maximum Gasteiger partial charge on any atom is 0.142 e. The highest BCUT2D eigenvalue weighted by Gasteiger charge is 2.13. The Kier molecular flexibility index (Phi) is 3.24. The van der Waals surface area contributed by atoms with Crippen molar-refractivity contribution in [2.24, 2.45) is 5.73 Å². The summed E-state index contributed by atoms with van der Waals surface area (Å²) >= 11 is 0. The first kappa shape index (κ1) is 12.8. The van der Waals surface area contributed by atoms with Gasteiger partial charge in [-0.15, -0.1) is 0 Å². The van der Waals surface area contributed by atoms with E-state index in [1.807, 2.05) is 18.3 Å². The third-order valence-corrected chi connectivity index (χ3v) is 3.64. The van der Waals surface area contributed by atoms with Crippen molar-refractivity contribution in [2.75, 3.05) is 6.54 Å². The van der Waals surface area contributed by atoms with Crippen LogP contribution in [0.3, 0.4) is 0 Å². The lowest BCUT2D eigenvalue weighted by Gasteiger charge is -2.08. The summed E-state index contributed by atoms with van der Waals surface area (Å²) in [6.45, 7) is 5.58. The number of nitrogens with zero attached hydrogens (tertiary/aromatic N) is 3. The molecule has 0 unspecified atom stereocenters. The van der Waals surface area contributed by atoms with Crippen LogP contribution in [0.15, 0.2) is 36.7 Å². The van der Waals surface area contributed by atoms with Crippen LogP contribution in [0.5, 0.6) is 0 Å². The smallest absolute Gasteiger partial charge is 0.142 e. The Bertz CT molecular complexity index is 744. The van der Waals surface area contributed by atoms with Crippen molar-refractivity contribution >= 4 is 11.0 Å². The Balaban J connectivity index is 2.28. The van der Waals surface area contributed by atoms with Gasteiger partial charge in [0.15, 0.2) is 0 Å².